The molecule has 1 aromatic carbocycles. The van der Waals surface area contributed by atoms with Crippen molar-refractivity contribution in [3.63, 3.8) is 0 Å². The number of urea groups is 1. The smallest absolute Gasteiger partial charge is 0.338 e. The van der Waals surface area contributed by atoms with Crippen molar-refractivity contribution in [2.75, 3.05) is 6.61 Å². The number of amides is 2. The van der Waals surface area contributed by atoms with Crippen LogP contribution in [0, 0.1) is 0 Å². The highest BCUT2D eigenvalue weighted by Crippen LogP contribution is 2.31. The van der Waals surface area contributed by atoms with Crippen LogP contribution in [0.3, 0.4) is 0 Å². The Hall–Kier alpha value is -1.72. The summed E-state index contributed by atoms with van der Waals surface area (Å²) in [6.07, 6.45) is 1.71. The lowest BCUT2D eigenvalue weighted by atomic mass is 9.95. The van der Waals surface area contributed by atoms with E-state index < -0.39 is 12.0 Å². The predicted octanol–water partition coefficient (Wildman–Crippen LogP) is 3.96. The first kappa shape index (κ1) is 17.6. The molecule has 1 atom stereocenters. The molecule has 1 aliphatic heterocycles. The van der Waals surface area contributed by atoms with Gasteiger partial charge in [-0.3, -0.25) is 0 Å². The molecule has 0 bridgehead atoms. The second-order valence-electron chi connectivity index (χ2n) is 5.23. The van der Waals surface area contributed by atoms with E-state index in [1.165, 1.54) is 0 Å². The summed E-state index contributed by atoms with van der Waals surface area (Å²) in [5.74, 6) is -0.459. The van der Waals surface area contributed by atoms with Crippen LogP contribution in [0.25, 0.3) is 0 Å². The van der Waals surface area contributed by atoms with E-state index in [4.69, 9.17) is 27.9 Å². The monoisotopic (exact) mass is 356 g/mol. The molecule has 1 heterocycles. The zero-order valence-corrected chi connectivity index (χ0v) is 14.4. The molecule has 0 fully saturated rings. The third kappa shape index (κ3) is 4.18. The molecule has 0 radical (unpaired) electrons. The normalized spacial score (nSPS) is 17.6. The van der Waals surface area contributed by atoms with E-state index in [9.17, 15) is 9.59 Å². The molecule has 1 aromatic rings. The Labute approximate surface area is 145 Å². The number of nitrogens with one attached hydrogen (secondary N) is 2. The molecule has 2 rings (SSSR count). The van der Waals surface area contributed by atoms with Crippen molar-refractivity contribution >= 4 is 35.2 Å². The topological polar surface area (TPSA) is 67.4 Å². The Balaban J connectivity index is 2.33. The maximum atomic E-state index is 12.4. The van der Waals surface area contributed by atoms with Crippen molar-refractivity contribution < 1.29 is 14.3 Å². The highest BCUT2D eigenvalue weighted by atomic mass is 35.5. The minimum absolute atomic E-state index is 0.341. The molecule has 2 amide bonds. The van der Waals surface area contributed by atoms with E-state index in [1.807, 2.05) is 6.92 Å². The van der Waals surface area contributed by atoms with E-state index in [-0.39, 0.29) is 6.03 Å². The van der Waals surface area contributed by atoms with Crippen LogP contribution in [0.5, 0.6) is 0 Å². The van der Waals surface area contributed by atoms with Crippen molar-refractivity contribution in [2.24, 2.45) is 0 Å². The third-order valence-corrected chi connectivity index (χ3v) is 4.24. The molecule has 0 unspecified atom stereocenters. The summed E-state index contributed by atoms with van der Waals surface area (Å²) in [5, 5.41) is 6.08. The lowest BCUT2D eigenvalue weighted by Gasteiger charge is -2.28. The fraction of sp³-hybridized carbons (Fsp3) is 0.375. The summed E-state index contributed by atoms with van der Waals surface area (Å²) < 4.78 is 5.29. The van der Waals surface area contributed by atoms with Gasteiger partial charge < -0.3 is 15.4 Å². The molecule has 5 nitrogen and oxygen atoms in total. The number of allylic oxidation sites excluding steroid dienone is 1. The molecule has 2 N–H and O–H groups in total. The summed E-state index contributed by atoms with van der Waals surface area (Å²) in [6, 6.07) is 3.96. The molecular formula is C16H18Cl2N2O3. The van der Waals surface area contributed by atoms with Crippen LogP contribution in [0.15, 0.2) is 29.5 Å². The van der Waals surface area contributed by atoms with Gasteiger partial charge in [-0.25, -0.2) is 9.59 Å². The lowest BCUT2D eigenvalue weighted by molar-refractivity contribution is -0.139. The van der Waals surface area contributed by atoms with Crippen LogP contribution in [-0.4, -0.2) is 18.6 Å². The summed E-state index contributed by atoms with van der Waals surface area (Å²) in [7, 11) is 0. The number of hydrogen-bond acceptors (Lipinski definition) is 3. The van der Waals surface area contributed by atoms with Crippen molar-refractivity contribution in [3.8, 4) is 0 Å². The first-order chi connectivity index (χ1) is 10.9. The number of unbranched alkanes of at least 4 members (excludes halogenated alkanes) is 1. The second kappa shape index (κ2) is 7.70. The van der Waals surface area contributed by atoms with Gasteiger partial charge in [-0.05, 0) is 31.0 Å². The zero-order chi connectivity index (χ0) is 17.0. The van der Waals surface area contributed by atoms with Crippen LogP contribution >= 0.6 is 23.2 Å². The van der Waals surface area contributed by atoms with Crippen LogP contribution in [-0.2, 0) is 9.53 Å². The summed E-state index contributed by atoms with van der Waals surface area (Å²) >= 11 is 12.0. The van der Waals surface area contributed by atoms with E-state index in [1.54, 1.807) is 25.1 Å². The average Bonchev–Trinajstić information content (AvgIpc) is 2.49. The van der Waals surface area contributed by atoms with Crippen LogP contribution in [0.2, 0.25) is 10.0 Å². The SMILES string of the molecule is CCCCOC(=O)C1=C(C)NC(=O)N[C@@H]1c1ccc(Cl)c(Cl)c1. The van der Waals surface area contributed by atoms with Gasteiger partial charge >= 0.3 is 12.0 Å². The largest absolute Gasteiger partial charge is 0.462 e. The molecule has 23 heavy (non-hydrogen) atoms. The fourth-order valence-corrected chi connectivity index (χ4v) is 2.60. The Morgan fingerprint density at radius 2 is 2.04 bits per heavy atom. The maximum Gasteiger partial charge on any atom is 0.338 e. The molecule has 0 spiro atoms. The van der Waals surface area contributed by atoms with Crippen molar-refractivity contribution in [1.82, 2.24) is 10.6 Å². The van der Waals surface area contributed by atoms with Gasteiger partial charge in [-0.15, -0.1) is 0 Å². The van der Waals surface area contributed by atoms with Gasteiger partial charge in [0.15, 0.2) is 0 Å². The summed E-state index contributed by atoms with van der Waals surface area (Å²) in [4.78, 5) is 24.2. The van der Waals surface area contributed by atoms with Gasteiger partial charge in [0.1, 0.15) is 0 Å². The Bertz CT molecular complexity index is 659. The van der Waals surface area contributed by atoms with E-state index in [0.29, 0.717) is 33.5 Å². The first-order valence-corrected chi connectivity index (χ1v) is 8.10. The highest BCUT2D eigenvalue weighted by molar-refractivity contribution is 6.42. The van der Waals surface area contributed by atoms with E-state index >= 15 is 0 Å². The van der Waals surface area contributed by atoms with Crippen LogP contribution in [0.1, 0.15) is 38.3 Å². The lowest BCUT2D eigenvalue weighted by Crippen LogP contribution is -2.45. The number of esters is 1. The summed E-state index contributed by atoms with van der Waals surface area (Å²) in [6.45, 7) is 4.02. The van der Waals surface area contributed by atoms with Gasteiger partial charge in [0.25, 0.3) is 0 Å². The van der Waals surface area contributed by atoms with Crippen molar-refractivity contribution in [2.45, 2.75) is 32.7 Å². The average molecular weight is 357 g/mol. The van der Waals surface area contributed by atoms with Gasteiger partial charge in [-0.1, -0.05) is 42.6 Å². The number of halogens is 2. The van der Waals surface area contributed by atoms with Gasteiger partial charge in [-0.2, -0.15) is 0 Å². The van der Waals surface area contributed by atoms with E-state index in [2.05, 4.69) is 10.6 Å². The first-order valence-electron chi connectivity index (χ1n) is 7.34. The molecular weight excluding hydrogens is 339 g/mol. The molecule has 0 saturated heterocycles. The molecule has 0 aliphatic carbocycles. The Morgan fingerprint density at radius 3 is 2.70 bits per heavy atom. The number of benzene rings is 1. The van der Waals surface area contributed by atoms with Crippen molar-refractivity contribution in [1.29, 1.82) is 0 Å². The summed E-state index contributed by atoms with van der Waals surface area (Å²) in [5.41, 5.74) is 1.49. The Kier molecular flexibility index (Phi) is 5.91. The third-order valence-electron chi connectivity index (χ3n) is 3.50. The van der Waals surface area contributed by atoms with E-state index in [0.717, 1.165) is 12.8 Å². The minimum atomic E-state index is -0.632. The highest BCUT2D eigenvalue weighted by Gasteiger charge is 2.32. The number of hydrogen-bond donors (Lipinski definition) is 2. The Morgan fingerprint density at radius 1 is 1.30 bits per heavy atom. The van der Waals surface area contributed by atoms with Crippen LogP contribution in [0.4, 0.5) is 4.79 Å². The number of ether oxygens (including phenoxy) is 1. The standard InChI is InChI=1S/C16H18Cl2N2O3/c1-3-4-7-23-15(21)13-9(2)19-16(22)20-14(13)10-5-6-11(17)12(18)8-10/h5-6,8,14H,3-4,7H2,1-2H3,(H2,19,20,22)/t14-/m1/s1. The van der Waals surface area contributed by atoms with Gasteiger partial charge in [0.05, 0.1) is 28.3 Å². The maximum absolute atomic E-state index is 12.4. The molecule has 0 saturated carbocycles. The van der Waals surface area contributed by atoms with Crippen LogP contribution < -0.4 is 10.6 Å². The minimum Gasteiger partial charge on any atom is -0.462 e. The molecule has 0 aromatic heterocycles. The fourth-order valence-electron chi connectivity index (χ4n) is 2.29. The molecule has 1 aliphatic rings. The number of rotatable bonds is 5. The zero-order valence-electron chi connectivity index (χ0n) is 12.9. The second-order valence-corrected chi connectivity index (χ2v) is 6.05. The molecule has 124 valence electrons. The number of carbonyl (C=O) groups is 2. The predicted molar refractivity (Wildman–Crippen MR) is 89.4 cm³/mol. The van der Waals surface area contributed by atoms with Gasteiger partial charge in [0.2, 0.25) is 0 Å². The molecule has 7 heteroatoms. The van der Waals surface area contributed by atoms with Gasteiger partial charge in [0, 0.05) is 5.70 Å². The van der Waals surface area contributed by atoms with Crippen molar-refractivity contribution in [3.05, 3.63) is 45.1 Å². The number of carbonyl (C=O) groups excluding carboxylic acids is 2. The quantitative estimate of drug-likeness (QED) is 0.619.